The van der Waals surface area contributed by atoms with Gasteiger partial charge in [0.05, 0.1) is 25.3 Å². The van der Waals surface area contributed by atoms with Crippen LogP contribution in [0.25, 0.3) is 0 Å². The predicted octanol–water partition coefficient (Wildman–Crippen LogP) is 1.78. The number of morpholine rings is 1. The van der Waals surface area contributed by atoms with E-state index in [2.05, 4.69) is 15.2 Å². The molecular formula is C17H20N4O4. The van der Waals surface area contributed by atoms with Gasteiger partial charge in [0.15, 0.2) is 6.10 Å². The van der Waals surface area contributed by atoms with Gasteiger partial charge in [-0.3, -0.25) is 4.79 Å². The molecule has 0 N–H and O–H groups in total. The minimum absolute atomic E-state index is 0.0919. The highest BCUT2D eigenvalue weighted by Crippen LogP contribution is 2.29. The average Bonchev–Trinajstić information content (AvgIpc) is 3.39. The van der Waals surface area contributed by atoms with Gasteiger partial charge in [-0.15, -0.1) is 10.2 Å². The normalized spacial score (nSPS) is 20.5. The number of carbonyl (C=O) groups is 1. The van der Waals surface area contributed by atoms with Crippen molar-refractivity contribution in [3.63, 3.8) is 0 Å². The fourth-order valence-electron chi connectivity index (χ4n) is 2.69. The summed E-state index contributed by atoms with van der Waals surface area (Å²) in [5.74, 6) is 2.02. The number of aryl methyl sites for hydroxylation is 1. The number of hydrogen-bond donors (Lipinski definition) is 0. The van der Waals surface area contributed by atoms with Crippen molar-refractivity contribution in [1.82, 2.24) is 20.1 Å². The first-order chi connectivity index (χ1) is 12.2. The van der Waals surface area contributed by atoms with Crippen LogP contribution >= 0.6 is 0 Å². The molecule has 8 heteroatoms. The fraction of sp³-hybridized carbons (Fsp3) is 0.529. The number of pyridine rings is 1. The molecule has 0 unspecified atom stereocenters. The summed E-state index contributed by atoms with van der Waals surface area (Å²) in [7, 11) is 0. The minimum atomic E-state index is -0.395. The number of ether oxygens (including phenoxy) is 2. The summed E-state index contributed by atoms with van der Waals surface area (Å²) in [6.07, 6.45) is 3.63. The second-order valence-electron chi connectivity index (χ2n) is 6.41. The molecule has 2 aliphatic rings. The quantitative estimate of drug-likeness (QED) is 0.816. The third kappa shape index (κ3) is 3.79. The molecule has 4 rings (SSSR count). The van der Waals surface area contributed by atoms with Crippen molar-refractivity contribution in [3.05, 3.63) is 35.7 Å². The molecule has 1 saturated carbocycles. The number of rotatable bonds is 5. The zero-order chi connectivity index (χ0) is 17.2. The van der Waals surface area contributed by atoms with Gasteiger partial charge in [0.25, 0.3) is 5.91 Å². The summed E-state index contributed by atoms with van der Waals surface area (Å²) >= 11 is 0. The second-order valence-corrected chi connectivity index (χ2v) is 6.41. The molecule has 3 heterocycles. The minimum Gasteiger partial charge on any atom is -0.477 e. The molecule has 2 aromatic heterocycles. The van der Waals surface area contributed by atoms with E-state index in [-0.39, 0.29) is 5.91 Å². The van der Waals surface area contributed by atoms with Crippen molar-refractivity contribution in [2.24, 2.45) is 5.92 Å². The van der Waals surface area contributed by atoms with E-state index in [4.69, 9.17) is 13.9 Å². The highest BCUT2D eigenvalue weighted by atomic mass is 16.5. The van der Waals surface area contributed by atoms with E-state index in [0.717, 1.165) is 0 Å². The molecule has 0 spiro atoms. The lowest BCUT2D eigenvalue weighted by Crippen LogP contribution is -2.42. The van der Waals surface area contributed by atoms with Gasteiger partial charge in [0.1, 0.15) is 0 Å². The first-order valence-corrected chi connectivity index (χ1v) is 8.49. The Morgan fingerprint density at radius 2 is 2.24 bits per heavy atom. The lowest BCUT2D eigenvalue weighted by molar-refractivity contribution is -0.0349. The molecule has 1 amide bonds. The van der Waals surface area contributed by atoms with Crippen LogP contribution in [0.4, 0.5) is 0 Å². The Hall–Kier alpha value is -2.48. The molecule has 0 bridgehead atoms. The summed E-state index contributed by atoms with van der Waals surface area (Å²) in [6.45, 7) is 3.74. The van der Waals surface area contributed by atoms with Crippen molar-refractivity contribution < 1.29 is 18.7 Å². The monoisotopic (exact) mass is 344 g/mol. The molecule has 2 fully saturated rings. The molecule has 1 aliphatic carbocycles. The highest BCUT2D eigenvalue weighted by molar-refractivity contribution is 5.94. The standard InChI is InChI=1S/C17H20N4O4/c1-11-19-20-16(25-11)14-9-21(6-7-23-14)17(22)13-4-5-15(18-8-13)24-10-12-2-3-12/h4-5,8,12,14H,2-3,6-7,9-10H2,1H3/t14-/m0/s1. The zero-order valence-corrected chi connectivity index (χ0v) is 14.1. The Bertz CT molecular complexity index is 741. The summed E-state index contributed by atoms with van der Waals surface area (Å²) in [5, 5.41) is 7.79. The summed E-state index contributed by atoms with van der Waals surface area (Å²) in [6, 6.07) is 3.49. The predicted molar refractivity (Wildman–Crippen MR) is 86.1 cm³/mol. The van der Waals surface area contributed by atoms with Crippen molar-refractivity contribution in [2.45, 2.75) is 25.9 Å². The van der Waals surface area contributed by atoms with Crippen LogP contribution in [0.2, 0.25) is 0 Å². The molecule has 2 aromatic rings. The average molecular weight is 344 g/mol. The highest BCUT2D eigenvalue weighted by Gasteiger charge is 2.29. The van der Waals surface area contributed by atoms with Crippen LogP contribution in [0.3, 0.4) is 0 Å². The largest absolute Gasteiger partial charge is 0.477 e. The van der Waals surface area contributed by atoms with Gasteiger partial charge in [-0.1, -0.05) is 0 Å². The number of carbonyl (C=O) groups excluding carboxylic acids is 1. The number of hydrogen-bond acceptors (Lipinski definition) is 7. The molecule has 0 aromatic carbocycles. The first-order valence-electron chi connectivity index (χ1n) is 8.49. The number of amides is 1. The SMILES string of the molecule is Cc1nnc([C@@H]2CN(C(=O)c3ccc(OCC4CC4)nc3)CCO2)o1. The van der Waals surface area contributed by atoms with Crippen LogP contribution in [0.1, 0.15) is 41.1 Å². The molecule has 1 atom stereocenters. The Morgan fingerprint density at radius 1 is 1.36 bits per heavy atom. The fourth-order valence-corrected chi connectivity index (χ4v) is 2.69. The lowest BCUT2D eigenvalue weighted by Gasteiger charge is -2.31. The Balaban J connectivity index is 1.39. The van der Waals surface area contributed by atoms with Crippen LogP contribution < -0.4 is 4.74 Å². The van der Waals surface area contributed by atoms with Gasteiger partial charge in [0, 0.05) is 25.7 Å². The van der Waals surface area contributed by atoms with Gasteiger partial charge in [-0.25, -0.2) is 4.98 Å². The molecule has 8 nitrogen and oxygen atoms in total. The third-order valence-electron chi connectivity index (χ3n) is 4.32. The van der Waals surface area contributed by atoms with E-state index in [1.165, 1.54) is 12.8 Å². The molecular weight excluding hydrogens is 324 g/mol. The Kier molecular flexibility index (Phi) is 4.35. The van der Waals surface area contributed by atoms with Crippen molar-refractivity contribution in [3.8, 4) is 5.88 Å². The van der Waals surface area contributed by atoms with Crippen LogP contribution in [0.15, 0.2) is 22.7 Å². The van der Waals surface area contributed by atoms with Crippen LogP contribution in [0, 0.1) is 12.8 Å². The molecule has 1 aliphatic heterocycles. The maximum Gasteiger partial charge on any atom is 0.255 e. The van der Waals surface area contributed by atoms with E-state index in [1.807, 2.05) is 0 Å². The molecule has 1 saturated heterocycles. The first kappa shape index (κ1) is 16.0. The van der Waals surface area contributed by atoms with E-state index in [9.17, 15) is 4.79 Å². The van der Waals surface area contributed by atoms with Gasteiger partial charge in [-0.05, 0) is 24.8 Å². The van der Waals surface area contributed by atoms with Crippen LogP contribution in [0.5, 0.6) is 5.88 Å². The maximum absolute atomic E-state index is 12.7. The summed E-state index contributed by atoms with van der Waals surface area (Å²) < 4.78 is 16.7. The third-order valence-corrected chi connectivity index (χ3v) is 4.32. The number of aromatic nitrogens is 3. The number of nitrogens with zero attached hydrogens (tertiary/aromatic N) is 4. The van der Waals surface area contributed by atoms with E-state index >= 15 is 0 Å². The van der Waals surface area contributed by atoms with E-state index in [1.54, 1.807) is 30.2 Å². The second kappa shape index (κ2) is 6.79. The van der Waals surface area contributed by atoms with Crippen molar-refractivity contribution in [1.29, 1.82) is 0 Å². The van der Waals surface area contributed by atoms with Gasteiger partial charge in [0.2, 0.25) is 17.7 Å². The topological polar surface area (TPSA) is 90.6 Å². The smallest absolute Gasteiger partial charge is 0.255 e. The molecule has 25 heavy (non-hydrogen) atoms. The maximum atomic E-state index is 12.7. The van der Waals surface area contributed by atoms with Crippen molar-refractivity contribution >= 4 is 5.91 Å². The van der Waals surface area contributed by atoms with Crippen molar-refractivity contribution in [2.75, 3.05) is 26.3 Å². The van der Waals surface area contributed by atoms with Crippen LogP contribution in [-0.2, 0) is 4.74 Å². The van der Waals surface area contributed by atoms with Gasteiger partial charge in [-0.2, -0.15) is 0 Å². The lowest BCUT2D eigenvalue weighted by atomic mass is 10.2. The van der Waals surface area contributed by atoms with E-state index < -0.39 is 6.10 Å². The molecule has 0 radical (unpaired) electrons. The van der Waals surface area contributed by atoms with Crippen LogP contribution in [-0.4, -0.2) is 52.3 Å². The van der Waals surface area contributed by atoms with Gasteiger partial charge >= 0.3 is 0 Å². The summed E-state index contributed by atoms with van der Waals surface area (Å²) in [5.41, 5.74) is 0.529. The Labute approximate surface area is 145 Å². The Morgan fingerprint density at radius 3 is 2.92 bits per heavy atom. The van der Waals surface area contributed by atoms with Gasteiger partial charge < -0.3 is 18.8 Å². The molecule has 132 valence electrons. The zero-order valence-electron chi connectivity index (χ0n) is 14.1. The summed E-state index contributed by atoms with van der Waals surface area (Å²) in [4.78, 5) is 18.6. The van der Waals surface area contributed by atoms with E-state index in [0.29, 0.717) is 55.4 Å².